The van der Waals surface area contributed by atoms with E-state index in [0.717, 1.165) is 0 Å². The van der Waals surface area contributed by atoms with Gasteiger partial charge in [-0.2, -0.15) is 0 Å². The minimum Gasteiger partial charge on any atom is -0.482 e. The molecule has 5 heteroatoms. The van der Waals surface area contributed by atoms with E-state index in [0.29, 0.717) is 17.7 Å². The van der Waals surface area contributed by atoms with E-state index < -0.39 is 12.6 Å². The lowest BCUT2D eigenvalue weighted by atomic mass is 10.1. The average molecular weight is 263 g/mol. The number of rotatable bonds is 7. The van der Waals surface area contributed by atoms with Crippen molar-refractivity contribution in [1.29, 1.82) is 0 Å². The number of amides is 1. The highest BCUT2D eigenvalue weighted by Gasteiger charge is 2.10. The van der Waals surface area contributed by atoms with Crippen LogP contribution in [0.25, 0.3) is 0 Å². The number of benzene rings is 1. The third-order valence-electron chi connectivity index (χ3n) is 2.36. The summed E-state index contributed by atoms with van der Waals surface area (Å²) < 4.78 is 5.02. The molecule has 0 spiro atoms. The Morgan fingerprint density at radius 1 is 1.53 bits per heavy atom. The standard InChI is InChI=1S/C14H17NO4/c1-3-5-10(2)15-14(18)11-6-4-7-12(8-11)19-9-13(16)17/h3-4,6-8,10H,1,5,9H2,2H3,(H,15,18)(H,16,17). The first kappa shape index (κ1) is 14.8. The second kappa shape index (κ2) is 7.20. The summed E-state index contributed by atoms with van der Waals surface area (Å²) in [6.45, 7) is 5.06. The van der Waals surface area contributed by atoms with Crippen molar-refractivity contribution in [3.05, 3.63) is 42.5 Å². The van der Waals surface area contributed by atoms with E-state index in [9.17, 15) is 9.59 Å². The Balaban J connectivity index is 2.67. The molecule has 0 heterocycles. The van der Waals surface area contributed by atoms with Crippen molar-refractivity contribution < 1.29 is 19.4 Å². The van der Waals surface area contributed by atoms with E-state index in [1.807, 2.05) is 6.92 Å². The summed E-state index contributed by atoms with van der Waals surface area (Å²) >= 11 is 0. The molecule has 1 atom stereocenters. The van der Waals surface area contributed by atoms with Gasteiger partial charge in [-0.15, -0.1) is 6.58 Å². The first-order valence-corrected chi connectivity index (χ1v) is 5.89. The summed E-state index contributed by atoms with van der Waals surface area (Å²) in [5.74, 6) is -0.934. The van der Waals surface area contributed by atoms with Crippen LogP contribution < -0.4 is 10.1 Å². The van der Waals surface area contributed by atoms with Gasteiger partial charge in [0.2, 0.25) is 0 Å². The summed E-state index contributed by atoms with van der Waals surface area (Å²) in [6, 6.07) is 6.40. The van der Waals surface area contributed by atoms with Crippen LogP contribution in [0.2, 0.25) is 0 Å². The molecule has 0 aliphatic carbocycles. The number of carbonyl (C=O) groups is 2. The molecule has 0 saturated heterocycles. The van der Waals surface area contributed by atoms with Crippen LogP contribution in [-0.2, 0) is 4.79 Å². The fourth-order valence-corrected chi connectivity index (χ4v) is 1.49. The lowest BCUT2D eigenvalue weighted by Gasteiger charge is -2.12. The Hall–Kier alpha value is -2.30. The van der Waals surface area contributed by atoms with Crippen molar-refractivity contribution in [1.82, 2.24) is 5.32 Å². The molecule has 0 radical (unpaired) electrons. The van der Waals surface area contributed by atoms with E-state index in [2.05, 4.69) is 11.9 Å². The first-order chi connectivity index (χ1) is 9.02. The van der Waals surface area contributed by atoms with E-state index >= 15 is 0 Å². The van der Waals surface area contributed by atoms with Crippen molar-refractivity contribution in [2.75, 3.05) is 6.61 Å². The van der Waals surface area contributed by atoms with Crippen LogP contribution in [0, 0.1) is 0 Å². The maximum absolute atomic E-state index is 11.9. The van der Waals surface area contributed by atoms with Gasteiger partial charge in [-0.25, -0.2) is 4.79 Å². The Labute approximate surface area is 111 Å². The van der Waals surface area contributed by atoms with Gasteiger partial charge >= 0.3 is 5.97 Å². The third kappa shape index (κ3) is 5.25. The molecule has 1 aromatic rings. The number of carboxylic acids is 1. The van der Waals surface area contributed by atoms with E-state index in [1.165, 1.54) is 6.07 Å². The predicted octanol–water partition coefficient (Wildman–Crippen LogP) is 1.84. The minimum absolute atomic E-state index is 0.00593. The zero-order valence-corrected chi connectivity index (χ0v) is 10.8. The van der Waals surface area contributed by atoms with Crippen LogP contribution in [0.15, 0.2) is 36.9 Å². The number of aliphatic carboxylic acids is 1. The summed E-state index contributed by atoms with van der Waals surface area (Å²) in [4.78, 5) is 22.3. The van der Waals surface area contributed by atoms with Crippen molar-refractivity contribution >= 4 is 11.9 Å². The molecule has 0 saturated carbocycles. The van der Waals surface area contributed by atoms with Gasteiger partial charge in [0.05, 0.1) is 0 Å². The number of hydrogen-bond acceptors (Lipinski definition) is 3. The van der Waals surface area contributed by atoms with Gasteiger partial charge in [0.1, 0.15) is 5.75 Å². The van der Waals surface area contributed by atoms with E-state index in [-0.39, 0.29) is 11.9 Å². The SMILES string of the molecule is C=CCC(C)NC(=O)c1cccc(OCC(=O)O)c1. The van der Waals surface area contributed by atoms with Crippen molar-refractivity contribution in [3.8, 4) is 5.75 Å². The molecule has 5 nitrogen and oxygen atoms in total. The number of carbonyl (C=O) groups excluding carboxylic acids is 1. The molecule has 0 aliphatic heterocycles. The van der Waals surface area contributed by atoms with Gasteiger partial charge in [-0.05, 0) is 31.5 Å². The fourth-order valence-electron chi connectivity index (χ4n) is 1.49. The first-order valence-electron chi connectivity index (χ1n) is 5.89. The molecule has 0 aliphatic rings. The topological polar surface area (TPSA) is 75.6 Å². The number of nitrogens with one attached hydrogen (secondary N) is 1. The number of carboxylic acid groups (broad SMARTS) is 1. The summed E-state index contributed by atoms with van der Waals surface area (Å²) in [5, 5.41) is 11.3. The van der Waals surface area contributed by atoms with Crippen LogP contribution in [0.1, 0.15) is 23.7 Å². The van der Waals surface area contributed by atoms with Crippen molar-refractivity contribution in [2.45, 2.75) is 19.4 Å². The van der Waals surface area contributed by atoms with Crippen molar-refractivity contribution in [3.63, 3.8) is 0 Å². The molecule has 1 aromatic carbocycles. The summed E-state index contributed by atoms with van der Waals surface area (Å²) in [7, 11) is 0. The van der Waals surface area contributed by atoms with Crippen molar-refractivity contribution in [2.24, 2.45) is 0 Å². The highest BCUT2D eigenvalue weighted by atomic mass is 16.5. The molecular weight excluding hydrogens is 246 g/mol. The second-order valence-electron chi connectivity index (χ2n) is 4.11. The minimum atomic E-state index is -1.06. The molecule has 1 unspecified atom stereocenters. The van der Waals surface area contributed by atoms with E-state index in [4.69, 9.17) is 9.84 Å². The van der Waals surface area contributed by atoms with Crippen LogP contribution in [0.4, 0.5) is 0 Å². The van der Waals surface area contributed by atoms with Crippen LogP contribution in [0.3, 0.4) is 0 Å². The molecule has 2 N–H and O–H groups in total. The molecular formula is C14H17NO4. The fraction of sp³-hybridized carbons (Fsp3) is 0.286. The Morgan fingerprint density at radius 2 is 2.26 bits per heavy atom. The predicted molar refractivity (Wildman–Crippen MR) is 71.3 cm³/mol. The highest BCUT2D eigenvalue weighted by molar-refractivity contribution is 5.94. The lowest BCUT2D eigenvalue weighted by Crippen LogP contribution is -2.32. The molecule has 0 fully saturated rings. The van der Waals surface area contributed by atoms with Crippen LogP contribution >= 0.6 is 0 Å². The summed E-state index contributed by atoms with van der Waals surface area (Å²) in [5.41, 5.74) is 0.429. The third-order valence-corrected chi connectivity index (χ3v) is 2.36. The maximum Gasteiger partial charge on any atom is 0.341 e. The van der Waals surface area contributed by atoms with Gasteiger partial charge in [0.25, 0.3) is 5.91 Å². The molecule has 102 valence electrons. The van der Waals surface area contributed by atoms with Crippen LogP contribution in [0.5, 0.6) is 5.75 Å². The quantitative estimate of drug-likeness (QED) is 0.736. The maximum atomic E-state index is 11.9. The van der Waals surface area contributed by atoms with Gasteiger partial charge in [-0.3, -0.25) is 4.79 Å². The van der Waals surface area contributed by atoms with Gasteiger partial charge < -0.3 is 15.2 Å². The van der Waals surface area contributed by atoms with Gasteiger partial charge in [-0.1, -0.05) is 12.1 Å². The molecule has 1 amide bonds. The lowest BCUT2D eigenvalue weighted by molar-refractivity contribution is -0.139. The Kier molecular flexibility index (Phi) is 5.60. The average Bonchev–Trinajstić information content (AvgIpc) is 2.37. The number of hydrogen-bond donors (Lipinski definition) is 2. The molecule has 1 rings (SSSR count). The highest BCUT2D eigenvalue weighted by Crippen LogP contribution is 2.13. The zero-order chi connectivity index (χ0) is 14.3. The second-order valence-corrected chi connectivity index (χ2v) is 4.11. The molecule has 0 bridgehead atoms. The number of ether oxygens (including phenoxy) is 1. The molecule has 19 heavy (non-hydrogen) atoms. The Morgan fingerprint density at radius 3 is 2.89 bits per heavy atom. The largest absolute Gasteiger partial charge is 0.482 e. The normalized spacial score (nSPS) is 11.4. The van der Waals surface area contributed by atoms with Gasteiger partial charge in [0, 0.05) is 11.6 Å². The van der Waals surface area contributed by atoms with Crippen LogP contribution in [-0.4, -0.2) is 29.6 Å². The smallest absolute Gasteiger partial charge is 0.341 e. The van der Waals surface area contributed by atoms with Gasteiger partial charge in [0.15, 0.2) is 6.61 Å². The zero-order valence-electron chi connectivity index (χ0n) is 10.8. The Bertz CT molecular complexity index is 470. The van der Waals surface area contributed by atoms with E-state index in [1.54, 1.807) is 24.3 Å². The summed E-state index contributed by atoms with van der Waals surface area (Å²) in [6.07, 6.45) is 2.41. The monoisotopic (exact) mass is 263 g/mol. The molecule has 0 aromatic heterocycles.